The van der Waals surface area contributed by atoms with Crippen LogP contribution >= 0.6 is 15.9 Å². The molecule has 1 aromatic rings. The van der Waals surface area contributed by atoms with E-state index in [9.17, 15) is 9.18 Å². The molecule has 3 rings (SSSR count). The summed E-state index contributed by atoms with van der Waals surface area (Å²) in [6.07, 6.45) is 3.24. The van der Waals surface area contributed by atoms with Gasteiger partial charge in [-0.15, -0.1) is 0 Å². The van der Waals surface area contributed by atoms with E-state index < -0.39 is 0 Å². The Morgan fingerprint density at radius 3 is 2.71 bits per heavy atom. The topological polar surface area (TPSA) is 29.1 Å². The largest absolute Gasteiger partial charge is 0.323 e. The molecule has 17 heavy (non-hydrogen) atoms. The van der Waals surface area contributed by atoms with Crippen LogP contribution in [0.2, 0.25) is 0 Å². The molecule has 0 aromatic heterocycles. The molecule has 2 saturated carbocycles. The third-order valence-electron chi connectivity index (χ3n) is 3.80. The van der Waals surface area contributed by atoms with Gasteiger partial charge in [0.05, 0.1) is 5.69 Å². The molecule has 90 valence electrons. The molecule has 0 heterocycles. The van der Waals surface area contributed by atoms with Crippen LogP contribution in [0.1, 0.15) is 19.3 Å². The van der Waals surface area contributed by atoms with E-state index in [4.69, 9.17) is 0 Å². The first-order valence-corrected chi connectivity index (χ1v) is 6.68. The molecule has 2 nitrogen and oxygen atoms in total. The van der Waals surface area contributed by atoms with Crippen LogP contribution in [0.3, 0.4) is 0 Å². The number of benzene rings is 1. The Labute approximate surface area is 108 Å². The number of carbonyl (C=O) groups is 1. The van der Waals surface area contributed by atoms with Gasteiger partial charge < -0.3 is 5.32 Å². The number of fused-ring (bicyclic) bond motifs is 1. The first-order chi connectivity index (χ1) is 8.13. The molecule has 4 heteroatoms. The van der Waals surface area contributed by atoms with E-state index in [1.165, 1.54) is 12.5 Å². The maximum absolute atomic E-state index is 13.5. The smallest absolute Gasteiger partial charge is 0.227 e. The van der Waals surface area contributed by atoms with Crippen LogP contribution in [0.15, 0.2) is 22.7 Å². The normalized spacial score (nSPS) is 29.9. The SMILES string of the molecule is O=C(Nc1cc(Br)ccc1F)C1CC2CC2C1. The summed E-state index contributed by atoms with van der Waals surface area (Å²) in [6.45, 7) is 0. The van der Waals surface area contributed by atoms with Gasteiger partial charge >= 0.3 is 0 Å². The Morgan fingerprint density at radius 1 is 1.29 bits per heavy atom. The van der Waals surface area contributed by atoms with Crippen LogP contribution in [0.25, 0.3) is 0 Å². The van der Waals surface area contributed by atoms with Crippen molar-refractivity contribution < 1.29 is 9.18 Å². The molecule has 1 amide bonds. The van der Waals surface area contributed by atoms with Crippen molar-refractivity contribution in [3.05, 3.63) is 28.5 Å². The van der Waals surface area contributed by atoms with Crippen LogP contribution in [0.5, 0.6) is 0 Å². The third kappa shape index (κ3) is 2.23. The molecule has 1 aromatic carbocycles. The minimum atomic E-state index is -0.385. The molecule has 2 fully saturated rings. The maximum atomic E-state index is 13.5. The van der Waals surface area contributed by atoms with Crippen molar-refractivity contribution in [2.75, 3.05) is 5.32 Å². The van der Waals surface area contributed by atoms with Gasteiger partial charge in [0.25, 0.3) is 0 Å². The van der Waals surface area contributed by atoms with Gasteiger partial charge in [0.2, 0.25) is 5.91 Å². The van der Waals surface area contributed by atoms with E-state index in [-0.39, 0.29) is 23.3 Å². The molecule has 0 aliphatic heterocycles. The molecule has 2 atom stereocenters. The zero-order valence-corrected chi connectivity index (χ0v) is 10.8. The molecule has 2 aliphatic rings. The van der Waals surface area contributed by atoms with Gasteiger partial charge in [-0.25, -0.2) is 4.39 Å². The highest BCUT2D eigenvalue weighted by Gasteiger charge is 2.48. The average Bonchev–Trinajstić information content (AvgIpc) is 2.91. The number of amides is 1. The highest BCUT2D eigenvalue weighted by atomic mass is 79.9. The quantitative estimate of drug-likeness (QED) is 0.888. The molecule has 2 aliphatic carbocycles. The maximum Gasteiger partial charge on any atom is 0.227 e. The summed E-state index contributed by atoms with van der Waals surface area (Å²) in [5.41, 5.74) is 0.268. The van der Waals surface area contributed by atoms with Gasteiger partial charge in [-0.1, -0.05) is 15.9 Å². The molecule has 0 spiro atoms. The van der Waals surface area contributed by atoms with Crippen molar-refractivity contribution in [2.24, 2.45) is 17.8 Å². The van der Waals surface area contributed by atoms with Gasteiger partial charge in [0, 0.05) is 10.4 Å². The van der Waals surface area contributed by atoms with Crippen LogP contribution < -0.4 is 5.32 Å². The predicted molar refractivity (Wildman–Crippen MR) is 67.1 cm³/mol. The first kappa shape index (κ1) is 11.2. The summed E-state index contributed by atoms with van der Waals surface area (Å²) in [6, 6.07) is 4.57. The Balaban J connectivity index is 1.69. The van der Waals surface area contributed by atoms with E-state index >= 15 is 0 Å². The Kier molecular flexibility index (Phi) is 2.69. The number of hydrogen-bond donors (Lipinski definition) is 1. The zero-order chi connectivity index (χ0) is 12.0. The fourth-order valence-corrected chi connectivity index (χ4v) is 3.12. The summed E-state index contributed by atoms with van der Waals surface area (Å²) in [4.78, 5) is 12.0. The lowest BCUT2D eigenvalue weighted by atomic mass is 10.0. The van der Waals surface area contributed by atoms with Crippen molar-refractivity contribution in [3.8, 4) is 0 Å². The van der Waals surface area contributed by atoms with Gasteiger partial charge in [0.15, 0.2) is 0 Å². The fraction of sp³-hybridized carbons (Fsp3) is 0.462. The van der Waals surface area contributed by atoms with Crippen LogP contribution in [-0.2, 0) is 4.79 Å². The summed E-state index contributed by atoms with van der Waals surface area (Å²) < 4.78 is 14.2. The zero-order valence-electron chi connectivity index (χ0n) is 9.25. The van der Waals surface area contributed by atoms with E-state index in [2.05, 4.69) is 21.2 Å². The highest BCUT2D eigenvalue weighted by Crippen LogP contribution is 2.54. The van der Waals surface area contributed by atoms with Crippen molar-refractivity contribution in [1.82, 2.24) is 0 Å². The number of nitrogens with one attached hydrogen (secondary N) is 1. The third-order valence-corrected chi connectivity index (χ3v) is 4.29. The fourth-order valence-electron chi connectivity index (χ4n) is 2.76. The molecular weight excluding hydrogens is 285 g/mol. The summed E-state index contributed by atoms with van der Waals surface area (Å²) in [5.74, 6) is 1.19. The van der Waals surface area contributed by atoms with Gasteiger partial charge in [0.1, 0.15) is 5.82 Å². The molecule has 1 N–H and O–H groups in total. The lowest BCUT2D eigenvalue weighted by molar-refractivity contribution is -0.120. The van der Waals surface area contributed by atoms with Gasteiger partial charge in [-0.05, 0) is 49.3 Å². The average molecular weight is 298 g/mol. The monoisotopic (exact) mass is 297 g/mol. The molecule has 2 unspecified atom stereocenters. The summed E-state index contributed by atoms with van der Waals surface area (Å²) in [7, 11) is 0. The Hall–Kier alpha value is -0.900. The van der Waals surface area contributed by atoms with E-state index in [0.29, 0.717) is 0 Å². The van der Waals surface area contributed by atoms with E-state index in [0.717, 1.165) is 29.2 Å². The number of hydrogen-bond acceptors (Lipinski definition) is 1. The second-order valence-electron chi connectivity index (χ2n) is 5.04. The predicted octanol–water partition coefficient (Wildman–Crippen LogP) is 3.57. The van der Waals surface area contributed by atoms with E-state index in [1.54, 1.807) is 12.1 Å². The number of anilines is 1. The Morgan fingerprint density at radius 2 is 2.00 bits per heavy atom. The summed E-state index contributed by atoms with van der Waals surface area (Å²) in [5, 5.41) is 2.69. The molecule has 0 saturated heterocycles. The highest BCUT2D eigenvalue weighted by molar-refractivity contribution is 9.10. The lowest BCUT2D eigenvalue weighted by Gasteiger charge is -2.13. The lowest BCUT2D eigenvalue weighted by Crippen LogP contribution is -2.22. The van der Waals surface area contributed by atoms with Crippen molar-refractivity contribution >= 4 is 27.5 Å². The molecule has 0 radical (unpaired) electrons. The van der Waals surface area contributed by atoms with E-state index in [1.807, 2.05) is 0 Å². The second-order valence-corrected chi connectivity index (χ2v) is 5.95. The standard InChI is InChI=1S/C13H13BrFNO/c14-10-1-2-11(15)12(6-10)16-13(17)9-4-7-3-8(7)5-9/h1-2,6-9H,3-5H2,(H,16,17). The van der Waals surface area contributed by atoms with Crippen molar-refractivity contribution in [2.45, 2.75) is 19.3 Å². The first-order valence-electron chi connectivity index (χ1n) is 5.89. The summed E-state index contributed by atoms with van der Waals surface area (Å²) >= 11 is 3.27. The van der Waals surface area contributed by atoms with Crippen LogP contribution in [0.4, 0.5) is 10.1 Å². The van der Waals surface area contributed by atoms with Gasteiger partial charge in [-0.3, -0.25) is 4.79 Å². The van der Waals surface area contributed by atoms with Gasteiger partial charge in [-0.2, -0.15) is 0 Å². The van der Waals surface area contributed by atoms with Crippen LogP contribution in [-0.4, -0.2) is 5.91 Å². The van der Waals surface area contributed by atoms with Crippen LogP contribution in [0, 0.1) is 23.6 Å². The number of carbonyl (C=O) groups excluding carboxylic acids is 1. The van der Waals surface area contributed by atoms with Crippen molar-refractivity contribution in [3.63, 3.8) is 0 Å². The molecule has 0 bridgehead atoms. The second kappa shape index (κ2) is 4.09. The minimum absolute atomic E-state index is 0.0331. The number of rotatable bonds is 2. The van der Waals surface area contributed by atoms with Crippen molar-refractivity contribution in [1.29, 1.82) is 0 Å². The number of halogens is 2. The Bertz CT molecular complexity index is 466. The minimum Gasteiger partial charge on any atom is -0.323 e. The molecular formula is C13H13BrFNO.